The van der Waals surface area contributed by atoms with Crippen molar-refractivity contribution in [3.63, 3.8) is 0 Å². The molecular weight excluding hydrogens is 240 g/mol. The van der Waals surface area contributed by atoms with E-state index in [0.29, 0.717) is 5.25 Å². The summed E-state index contributed by atoms with van der Waals surface area (Å²) in [5, 5.41) is 8.94. The molecule has 1 heterocycles. The van der Waals surface area contributed by atoms with E-state index < -0.39 is 0 Å². The van der Waals surface area contributed by atoms with Gasteiger partial charge in [0.1, 0.15) is 0 Å². The van der Waals surface area contributed by atoms with Gasteiger partial charge in [-0.1, -0.05) is 20.8 Å². The first-order valence-electron chi connectivity index (χ1n) is 5.49. The summed E-state index contributed by atoms with van der Waals surface area (Å²) in [5.41, 5.74) is 5.34. The molecule has 0 spiro atoms. The van der Waals surface area contributed by atoms with E-state index in [1.54, 1.807) is 4.79 Å². The lowest BCUT2D eigenvalue weighted by Gasteiger charge is -2.08. The lowest BCUT2D eigenvalue weighted by atomic mass is 10.4. The van der Waals surface area contributed by atoms with Crippen molar-refractivity contribution in [3.8, 4) is 0 Å². The van der Waals surface area contributed by atoms with Crippen LogP contribution in [-0.4, -0.2) is 33.2 Å². The van der Waals surface area contributed by atoms with Crippen LogP contribution in [0.25, 0.3) is 0 Å². The Morgan fingerprint density at radius 3 is 2.69 bits per heavy atom. The Morgan fingerprint density at radius 2 is 2.12 bits per heavy atom. The zero-order chi connectivity index (χ0) is 12.0. The summed E-state index contributed by atoms with van der Waals surface area (Å²) < 4.78 is 0. The van der Waals surface area contributed by atoms with E-state index in [2.05, 4.69) is 36.5 Å². The van der Waals surface area contributed by atoms with Gasteiger partial charge in [0.25, 0.3) is 0 Å². The van der Waals surface area contributed by atoms with E-state index in [1.807, 2.05) is 30.6 Å². The van der Waals surface area contributed by atoms with Gasteiger partial charge in [0.15, 0.2) is 0 Å². The second kappa shape index (κ2) is 7.06. The summed E-state index contributed by atoms with van der Waals surface area (Å²) >= 11 is 3.80. The maximum Gasteiger partial charge on any atom is 0.0988 e. The molecule has 1 aromatic heterocycles. The Hall–Kier alpha value is -0.360. The van der Waals surface area contributed by atoms with Crippen molar-refractivity contribution in [2.75, 3.05) is 18.2 Å². The van der Waals surface area contributed by atoms with Gasteiger partial charge < -0.3 is 5.43 Å². The second-order valence-electron chi connectivity index (χ2n) is 3.62. The molecule has 1 N–H and O–H groups in total. The minimum Gasteiger partial charge on any atom is -0.311 e. The molecule has 0 unspecified atom stereocenters. The van der Waals surface area contributed by atoms with E-state index in [9.17, 15) is 0 Å². The minimum atomic E-state index is 0.631. The molecular formula is C10H20N4S2. The van der Waals surface area contributed by atoms with Crippen LogP contribution in [0.15, 0.2) is 0 Å². The Morgan fingerprint density at radius 1 is 1.38 bits per heavy atom. The van der Waals surface area contributed by atoms with Gasteiger partial charge in [-0.05, 0) is 16.2 Å². The van der Waals surface area contributed by atoms with Crippen LogP contribution in [0.3, 0.4) is 0 Å². The molecule has 0 radical (unpaired) electrons. The van der Waals surface area contributed by atoms with Gasteiger partial charge in [-0.2, -0.15) is 28.3 Å². The highest BCUT2D eigenvalue weighted by Gasteiger charge is 2.12. The first kappa shape index (κ1) is 13.7. The maximum atomic E-state index is 4.22. The molecule has 0 aliphatic carbocycles. The smallest absolute Gasteiger partial charge is 0.0988 e. The predicted molar refractivity (Wildman–Crippen MR) is 73.6 cm³/mol. The molecule has 1 aromatic rings. The van der Waals surface area contributed by atoms with E-state index >= 15 is 0 Å². The zero-order valence-corrected chi connectivity index (χ0v) is 12.0. The molecule has 0 aliphatic heterocycles. The third-order valence-electron chi connectivity index (χ3n) is 2.05. The molecule has 0 saturated carbocycles. The van der Waals surface area contributed by atoms with Crippen LogP contribution in [0.2, 0.25) is 0 Å². The topological polar surface area (TPSA) is 42.7 Å². The maximum absolute atomic E-state index is 4.22. The lowest BCUT2D eigenvalue weighted by Crippen LogP contribution is -2.14. The van der Waals surface area contributed by atoms with E-state index in [-0.39, 0.29) is 0 Å². The summed E-state index contributed by atoms with van der Waals surface area (Å²) in [7, 11) is 1.87. The predicted octanol–water partition coefficient (Wildman–Crippen LogP) is 2.35. The Bertz CT molecular complexity index is 312. The van der Waals surface area contributed by atoms with Crippen LogP contribution in [0.1, 0.15) is 32.2 Å². The average molecular weight is 260 g/mol. The number of thioether (sulfide) groups is 2. The van der Waals surface area contributed by atoms with E-state index in [1.165, 1.54) is 5.69 Å². The average Bonchev–Trinajstić information content (AvgIpc) is 2.65. The number of rotatable bonds is 7. The van der Waals surface area contributed by atoms with Gasteiger partial charge in [-0.3, -0.25) is 0 Å². The molecule has 0 atom stereocenters. The number of nitrogens with zero attached hydrogens (tertiary/aromatic N) is 3. The molecule has 0 amide bonds. The summed E-state index contributed by atoms with van der Waals surface area (Å²) in [6.45, 7) is 6.58. The van der Waals surface area contributed by atoms with Crippen LogP contribution in [0.5, 0.6) is 0 Å². The van der Waals surface area contributed by atoms with Gasteiger partial charge in [0, 0.05) is 18.6 Å². The SMILES string of the molecule is CCSCc1nnn(NC)c1CSC(C)C. The van der Waals surface area contributed by atoms with Crippen LogP contribution < -0.4 is 5.43 Å². The third-order valence-corrected chi connectivity index (χ3v) is 4.04. The van der Waals surface area contributed by atoms with Crippen molar-refractivity contribution in [1.29, 1.82) is 0 Å². The van der Waals surface area contributed by atoms with E-state index in [0.717, 1.165) is 23.0 Å². The van der Waals surface area contributed by atoms with E-state index in [4.69, 9.17) is 0 Å². The standard InChI is InChI=1S/C10H20N4S2/c1-5-15-6-9-10(7-16-8(2)3)14(11-4)13-12-9/h8,11H,5-7H2,1-4H3. The van der Waals surface area contributed by atoms with Gasteiger partial charge in [0.05, 0.1) is 11.4 Å². The van der Waals surface area contributed by atoms with Crippen molar-refractivity contribution in [3.05, 3.63) is 11.4 Å². The Balaban J connectivity index is 2.71. The van der Waals surface area contributed by atoms with Crippen molar-refractivity contribution in [2.24, 2.45) is 0 Å². The summed E-state index contributed by atoms with van der Waals surface area (Å²) in [6, 6.07) is 0. The Kier molecular flexibility index (Phi) is 6.05. The van der Waals surface area contributed by atoms with Crippen molar-refractivity contribution >= 4 is 23.5 Å². The normalized spacial score (nSPS) is 11.1. The number of hydrogen-bond donors (Lipinski definition) is 1. The molecule has 4 nitrogen and oxygen atoms in total. The number of aromatic nitrogens is 3. The van der Waals surface area contributed by atoms with Crippen LogP contribution >= 0.6 is 23.5 Å². The summed E-state index contributed by atoms with van der Waals surface area (Å²) in [4.78, 5) is 1.78. The van der Waals surface area contributed by atoms with Crippen LogP contribution in [-0.2, 0) is 11.5 Å². The van der Waals surface area contributed by atoms with Crippen molar-refractivity contribution in [1.82, 2.24) is 15.1 Å². The molecule has 0 aromatic carbocycles. The molecule has 1 rings (SSSR count). The summed E-state index contributed by atoms with van der Waals surface area (Å²) in [5.74, 6) is 3.03. The summed E-state index contributed by atoms with van der Waals surface area (Å²) in [6.07, 6.45) is 0. The fourth-order valence-electron chi connectivity index (χ4n) is 1.21. The highest BCUT2D eigenvalue weighted by molar-refractivity contribution is 7.99. The minimum absolute atomic E-state index is 0.631. The van der Waals surface area contributed by atoms with Gasteiger partial charge >= 0.3 is 0 Å². The zero-order valence-electron chi connectivity index (χ0n) is 10.4. The molecule has 92 valence electrons. The molecule has 16 heavy (non-hydrogen) atoms. The largest absolute Gasteiger partial charge is 0.311 e. The molecule has 0 aliphatic rings. The van der Waals surface area contributed by atoms with Crippen molar-refractivity contribution in [2.45, 2.75) is 37.5 Å². The van der Waals surface area contributed by atoms with Crippen molar-refractivity contribution < 1.29 is 0 Å². The third kappa shape index (κ3) is 3.90. The van der Waals surface area contributed by atoms with Crippen LogP contribution in [0, 0.1) is 0 Å². The number of nitrogens with one attached hydrogen (secondary N) is 1. The highest BCUT2D eigenvalue weighted by atomic mass is 32.2. The van der Waals surface area contributed by atoms with Gasteiger partial charge in [-0.25, -0.2) is 0 Å². The highest BCUT2D eigenvalue weighted by Crippen LogP contribution is 2.21. The fraction of sp³-hybridized carbons (Fsp3) is 0.800. The molecule has 6 heteroatoms. The fourth-order valence-corrected chi connectivity index (χ4v) is 2.62. The Labute approximate surface area is 106 Å². The second-order valence-corrected chi connectivity index (χ2v) is 6.45. The number of hydrogen-bond acceptors (Lipinski definition) is 5. The monoisotopic (exact) mass is 260 g/mol. The first-order valence-corrected chi connectivity index (χ1v) is 7.69. The molecule has 0 bridgehead atoms. The first-order chi connectivity index (χ1) is 7.69. The molecule has 0 fully saturated rings. The van der Waals surface area contributed by atoms with Gasteiger partial charge in [-0.15, -0.1) is 5.10 Å². The lowest BCUT2D eigenvalue weighted by molar-refractivity contribution is 0.707. The molecule has 0 saturated heterocycles. The van der Waals surface area contributed by atoms with Gasteiger partial charge in [0.2, 0.25) is 0 Å². The van der Waals surface area contributed by atoms with Crippen LogP contribution in [0.4, 0.5) is 0 Å². The quantitative estimate of drug-likeness (QED) is 0.815.